The summed E-state index contributed by atoms with van der Waals surface area (Å²) in [5.74, 6) is 0.654. The van der Waals surface area contributed by atoms with Crippen molar-refractivity contribution in [1.29, 1.82) is 0 Å². The van der Waals surface area contributed by atoms with Gasteiger partial charge in [0.2, 0.25) is 0 Å². The fraction of sp³-hybridized carbons (Fsp3) is 1.00. The van der Waals surface area contributed by atoms with E-state index >= 15 is 0 Å². The van der Waals surface area contributed by atoms with Crippen molar-refractivity contribution >= 4 is 0 Å². The standard InChI is InChI=1S/C10H18O2/c1-2-10(7-11)8-5-3-4-6-9(8)12-10/h8-9,11H,2-7H2,1H3. The maximum absolute atomic E-state index is 9.25. The third kappa shape index (κ3) is 1.01. The predicted molar refractivity (Wildman–Crippen MR) is 46.9 cm³/mol. The van der Waals surface area contributed by atoms with Gasteiger partial charge in [-0.25, -0.2) is 0 Å². The van der Waals surface area contributed by atoms with Gasteiger partial charge in [0.1, 0.15) is 0 Å². The zero-order valence-electron chi connectivity index (χ0n) is 7.75. The van der Waals surface area contributed by atoms with Crippen LogP contribution in [0, 0.1) is 5.92 Å². The Morgan fingerprint density at radius 2 is 2.17 bits per heavy atom. The number of aliphatic hydroxyl groups is 1. The molecule has 1 N–H and O–H groups in total. The van der Waals surface area contributed by atoms with Crippen molar-refractivity contribution in [2.24, 2.45) is 5.92 Å². The highest BCUT2D eigenvalue weighted by Crippen LogP contribution is 2.48. The van der Waals surface area contributed by atoms with Crippen molar-refractivity contribution in [2.75, 3.05) is 6.61 Å². The number of hydrogen-bond acceptors (Lipinski definition) is 2. The number of hydrogen-bond donors (Lipinski definition) is 1. The lowest BCUT2D eigenvalue weighted by Gasteiger charge is -2.56. The largest absolute Gasteiger partial charge is 0.393 e. The molecule has 2 nitrogen and oxygen atoms in total. The highest BCUT2D eigenvalue weighted by atomic mass is 16.5. The summed E-state index contributed by atoms with van der Waals surface area (Å²) in [5, 5.41) is 9.25. The van der Waals surface area contributed by atoms with Crippen molar-refractivity contribution in [3.05, 3.63) is 0 Å². The third-order valence-electron chi connectivity index (χ3n) is 3.63. The fourth-order valence-corrected chi connectivity index (χ4v) is 2.77. The van der Waals surface area contributed by atoms with Crippen molar-refractivity contribution in [3.63, 3.8) is 0 Å². The number of fused-ring (bicyclic) bond motifs is 1. The smallest absolute Gasteiger partial charge is 0.0965 e. The first-order chi connectivity index (χ1) is 5.82. The molecule has 1 heterocycles. The van der Waals surface area contributed by atoms with E-state index in [2.05, 4.69) is 6.92 Å². The summed E-state index contributed by atoms with van der Waals surface area (Å²) in [5.41, 5.74) is -0.148. The Hall–Kier alpha value is -0.0800. The molecule has 3 unspecified atom stereocenters. The molecule has 12 heavy (non-hydrogen) atoms. The predicted octanol–water partition coefficient (Wildman–Crippen LogP) is 1.72. The van der Waals surface area contributed by atoms with Crippen molar-refractivity contribution in [2.45, 2.75) is 50.7 Å². The fourth-order valence-electron chi connectivity index (χ4n) is 2.77. The van der Waals surface area contributed by atoms with Crippen LogP contribution in [0.15, 0.2) is 0 Å². The summed E-state index contributed by atoms with van der Waals surface area (Å²) in [6, 6.07) is 0. The van der Waals surface area contributed by atoms with Crippen molar-refractivity contribution in [3.8, 4) is 0 Å². The maximum atomic E-state index is 9.25. The van der Waals surface area contributed by atoms with Gasteiger partial charge in [0.05, 0.1) is 18.3 Å². The maximum Gasteiger partial charge on any atom is 0.0965 e. The first-order valence-electron chi connectivity index (χ1n) is 5.11. The summed E-state index contributed by atoms with van der Waals surface area (Å²) in [6.45, 7) is 2.33. The van der Waals surface area contributed by atoms with Gasteiger partial charge in [0, 0.05) is 5.92 Å². The summed E-state index contributed by atoms with van der Waals surface area (Å²) >= 11 is 0. The van der Waals surface area contributed by atoms with Crippen LogP contribution in [0.3, 0.4) is 0 Å². The molecule has 3 atom stereocenters. The van der Waals surface area contributed by atoms with Crippen LogP contribution in [-0.2, 0) is 4.74 Å². The number of ether oxygens (including phenoxy) is 1. The lowest BCUT2D eigenvalue weighted by Crippen LogP contribution is -2.62. The molecule has 70 valence electrons. The Labute approximate surface area is 73.9 Å². The molecule has 0 aromatic rings. The van der Waals surface area contributed by atoms with Gasteiger partial charge < -0.3 is 9.84 Å². The number of rotatable bonds is 2. The molecule has 1 aliphatic carbocycles. The minimum Gasteiger partial charge on any atom is -0.393 e. The van der Waals surface area contributed by atoms with Crippen LogP contribution in [0.5, 0.6) is 0 Å². The van der Waals surface area contributed by atoms with Gasteiger partial charge in [-0.3, -0.25) is 0 Å². The monoisotopic (exact) mass is 170 g/mol. The highest BCUT2D eigenvalue weighted by Gasteiger charge is 2.53. The summed E-state index contributed by atoms with van der Waals surface area (Å²) < 4.78 is 5.78. The van der Waals surface area contributed by atoms with Gasteiger partial charge in [-0.05, 0) is 19.3 Å². The van der Waals surface area contributed by atoms with Crippen LogP contribution in [0.4, 0.5) is 0 Å². The minimum absolute atomic E-state index is 0.148. The first kappa shape index (κ1) is 8.52. The Kier molecular flexibility index (Phi) is 2.13. The molecule has 0 aromatic carbocycles. The summed E-state index contributed by atoms with van der Waals surface area (Å²) in [4.78, 5) is 0. The van der Waals surface area contributed by atoms with Crippen LogP contribution >= 0.6 is 0 Å². The molecule has 2 aliphatic rings. The van der Waals surface area contributed by atoms with Crippen LogP contribution in [0.2, 0.25) is 0 Å². The topological polar surface area (TPSA) is 29.5 Å². The second kappa shape index (κ2) is 3.00. The van der Waals surface area contributed by atoms with E-state index in [1.165, 1.54) is 25.7 Å². The van der Waals surface area contributed by atoms with Crippen LogP contribution in [-0.4, -0.2) is 23.4 Å². The van der Waals surface area contributed by atoms with Gasteiger partial charge in [0.15, 0.2) is 0 Å². The zero-order chi connectivity index (χ0) is 8.60. The van der Waals surface area contributed by atoms with Gasteiger partial charge >= 0.3 is 0 Å². The molecule has 1 saturated heterocycles. The van der Waals surface area contributed by atoms with E-state index in [1.807, 2.05) is 0 Å². The van der Waals surface area contributed by atoms with Gasteiger partial charge in [-0.15, -0.1) is 0 Å². The quantitative estimate of drug-likeness (QED) is 0.683. The van der Waals surface area contributed by atoms with E-state index in [-0.39, 0.29) is 12.2 Å². The van der Waals surface area contributed by atoms with Crippen LogP contribution in [0.25, 0.3) is 0 Å². The Morgan fingerprint density at radius 1 is 1.42 bits per heavy atom. The van der Waals surface area contributed by atoms with E-state index in [4.69, 9.17) is 4.74 Å². The summed E-state index contributed by atoms with van der Waals surface area (Å²) in [7, 11) is 0. The molecule has 1 aliphatic heterocycles. The van der Waals surface area contributed by atoms with Crippen LogP contribution in [0.1, 0.15) is 39.0 Å². The first-order valence-corrected chi connectivity index (χ1v) is 5.11. The molecule has 0 radical (unpaired) electrons. The molecular formula is C10H18O2. The average molecular weight is 170 g/mol. The normalized spacial score (nSPS) is 46.5. The molecule has 1 saturated carbocycles. The molecule has 2 fully saturated rings. The minimum atomic E-state index is -0.148. The van der Waals surface area contributed by atoms with E-state index in [9.17, 15) is 5.11 Å². The Balaban J connectivity index is 2.02. The molecule has 0 aromatic heterocycles. The van der Waals surface area contributed by atoms with Gasteiger partial charge in [-0.2, -0.15) is 0 Å². The second-order valence-electron chi connectivity index (χ2n) is 4.12. The summed E-state index contributed by atoms with van der Waals surface area (Å²) in [6.07, 6.45) is 6.56. The molecule has 2 heteroatoms. The average Bonchev–Trinajstić information content (AvgIpc) is 2.09. The van der Waals surface area contributed by atoms with Crippen LogP contribution < -0.4 is 0 Å². The number of aliphatic hydroxyl groups excluding tert-OH is 1. The van der Waals surface area contributed by atoms with E-state index in [1.54, 1.807) is 0 Å². The lowest BCUT2D eigenvalue weighted by molar-refractivity contribution is -0.287. The van der Waals surface area contributed by atoms with E-state index in [0.717, 1.165) is 6.42 Å². The molecular weight excluding hydrogens is 152 g/mol. The van der Waals surface area contributed by atoms with E-state index < -0.39 is 0 Å². The second-order valence-corrected chi connectivity index (χ2v) is 4.12. The Morgan fingerprint density at radius 3 is 2.75 bits per heavy atom. The third-order valence-corrected chi connectivity index (χ3v) is 3.63. The lowest BCUT2D eigenvalue weighted by atomic mass is 9.68. The highest BCUT2D eigenvalue weighted by molar-refractivity contribution is 5.02. The molecule has 0 spiro atoms. The molecule has 2 rings (SSSR count). The SMILES string of the molecule is CCC1(CO)OC2CCCCC21. The van der Waals surface area contributed by atoms with E-state index in [0.29, 0.717) is 12.0 Å². The van der Waals surface area contributed by atoms with Crippen molar-refractivity contribution < 1.29 is 9.84 Å². The van der Waals surface area contributed by atoms with Gasteiger partial charge in [-0.1, -0.05) is 19.8 Å². The molecule has 0 bridgehead atoms. The molecule has 0 amide bonds. The zero-order valence-corrected chi connectivity index (χ0v) is 7.75. The van der Waals surface area contributed by atoms with Crippen molar-refractivity contribution in [1.82, 2.24) is 0 Å². The van der Waals surface area contributed by atoms with Gasteiger partial charge in [0.25, 0.3) is 0 Å². The Bertz CT molecular complexity index is 163.